The monoisotopic (exact) mass is 385 g/mol. The summed E-state index contributed by atoms with van der Waals surface area (Å²) in [5.41, 5.74) is 1.78. The number of hydrogen-bond acceptors (Lipinski definition) is 4. The van der Waals surface area contributed by atoms with Gasteiger partial charge in [-0.15, -0.1) is 0 Å². The summed E-state index contributed by atoms with van der Waals surface area (Å²) < 4.78 is 1.66. The number of aryl methyl sites for hydroxylation is 2. The summed E-state index contributed by atoms with van der Waals surface area (Å²) in [6.07, 6.45) is 1.35. The summed E-state index contributed by atoms with van der Waals surface area (Å²) in [5.74, 6) is -0.440. The van der Waals surface area contributed by atoms with E-state index in [1.807, 2.05) is 13.0 Å². The molecular weight excluding hydrogens is 362 g/mol. The lowest BCUT2D eigenvalue weighted by Crippen LogP contribution is -2.54. The van der Waals surface area contributed by atoms with E-state index in [4.69, 9.17) is 5.11 Å². The molecule has 0 spiro atoms. The maximum atomic E-state index is 12.8. The SMILES string of the molecule is Cc1cc(N2CCCC(NC(=O)NCc3ccc(C(=O)O)cc3)C2=O)n(C)n1. The van der Waals surface area contributed by atoms with Crippen LogP contribution in [0.2, 0.25) is 0 Å². The summed E-state index contributed by atoms with van der Waals surface area (Å²) in [6.45, 7) is 2.69. The quantitative estimate of drug-likeness (QED) is 0.720. The van der Waals surface area contributed by atoms with Gasteiger partial charge in [0, 0.05) is 26.2 Å². The van der Waals surface area contributed by atoms with E-state index < -0.39 is 18.0 Å². The van der Waals surface area contributed by atoms with Crippen molar-refractivity contribution < 1.29 is 19.5 Å². The molecule has 3 amide bonds. The Balaban J connectivity index is 1.56. The van der Waals surface area contributed by atoms with Crippen LogP contribution in [0.1, 0.15) is 34.5 Å². The lowest BCUT2D eigenvalue weighted by atomic mass is 10.0. The molecule has 1 atom stereocenters. The van der Waals surface area contributed by atoms with Crippen LogP contribution >= 0.6 is 0 Å². The molecule has 2 heterocycles. The lowest BCUT2D eigenvalue weighted by molar-refractivity contribution is -0.121. The summed E-state index contributed by atoms with van der Waals surface area (Å²) in [7, 11) is 1.79. The maximum absolute atomic E-state index is 12.8. The highest BCUT2D eigenvalue weighted by atomic mass is 16.4. The zero-order chi connectivity index (χ0) is 20.3. The third kappa shape index (κ3) is 4.30. The number of benzene rings is 1. The number of nitrogens with zero attached hydrogens (tertiary/aromatic N) is 3. The number of urea groups is 1. The normalized spacial score (nSPS) is 16.7. The number of anilines is 1. The maximum Gasteiger partial charge on any atom is 0.335 e. The predicted molar refractivity (Wildman–Crippen MR) is 102 cm³/mol. The number of carbonyl (C=O) groups is 3. The van der Waals surface area contributed by atoms with Gasteiger partial charge in [-0.25, -0.2) is 9.59 Å². The molecule has 1 aliphatic rings. The number of hydrogen-bond donors (Lipinski definition) is 3. The second kappa shape index (κ2) is 8.12. The van der Waals surface area contributed by atoms with E-state index in [0.717, 1.165) is 17.7 Å². The van der Waals surface area contributed by atoms with Gasteiger partial charge in [0.2, 0.25) is 0 Å². The Labute approximate surface area is 162 Å². The molecule has 3 rings (SSSR count). The zero-order valence-corrected chi connectivity index (χ0v) is 15.8. The van der Waals surface area contributed by atoms with Crippen LogP contribution in [-0.4, -0.2) is 45.4 Å². The zero-order valence-electron chi connectivity index (χ0n) is 15.8. The fourth-order valence-electron chi connectivity index (χ4n) is 3.24. The lowest BCUT2D eigenvalue weighted by Gasteiger charge is -2.32. The number of piperidine rings is 1. The molecule has 9 nitrogen and oxygen atoms in total. The topological polar surface area (TPSA) is 117 Å². The summed E-state index contributed by atoms with van der Waals surface area (Å²) in [4.78, 5) is 37.5. The van der Waals surface area contributed by atoms with Crippen molar-refractivity contribution in [3.63, 3.8) is 0 Å². The number of nitrogens with one attached hydrogen (secondary N) is 2. The van der Waals surface area contributed by atoms with Gasteiger partial charge in [0.05, 0.1) is 11.3 Å². The first-order chi connectivity index (χ1) is 13.3. The molecule has 1 unspecified atom stereocenters. The molecule has 1 saturated heterocycles. The van der Waals surface area contributed by atoms with E-state index in [1.165, 1.54) is 12.1 Å². The van der Waals surface area contributed by atoms with Crippen LogP contribution in [-0.2, 0) is 18.4 Å². The molecule has 28 heavy (non-hydrogen) atoms. The first-order valence-electron chi connectivity index (χ1n) is 9.04. The van der Waals surface area contributed by atoms with Gasteiger partial charge < -0.3 is 15.7 Å². The van der Waals surface area contributed by atoms with Crippen LogP contribution in [0.25, 0.3) is 0 Å². The molecule has 9 heteroatoms. The minimum atomic E-state index is -0.999. The van der Waals surface area contributed by atoms with E-state index in [-0.39, 0.29) is 18.0 Å². The van der Waals surface area contributed by atoms with Crippen LogP contribution in [0.3, 0.4) is 0 Å². The van der Waals surface area contributed by atoms with Crippen molar-refractivity contribution in [1.82, 2.24) is 20.4 Å². The average molecular weight is 385 g/mol. The third-order valence-electron chi connectivity index (χ3n) is 4.65. The van der Waals surface area contributed by atoms with Crippen molar-refractivity contribution >= 4 is 23.7 Å². The molecule has 148 valence electrons. The Morgan fingerprint density at radius 3 is 2.61 bits per heavy atom. The summed E-state index contributed by atoms with van der Waals surface area (Å²) in [5, 5.41) is 18.6. The highest BCUT2D eigenvalue weighted by molar-refractivity contribution is 5.99. The predicted octanol–water partition coefficient (Wildman–Crippen LogP) is 1.42. The number of carboxylic acids is 1. The van der Waals surface area contributed by atoms with E-state index in [0.29, 0.717) is 18.8 Å². The number of aromatic carboxylic acids is 1. The molecule has 0 bridgehead atoms. The van der Waals surface area contributed by atoms with Gasteiger partial charge in [0.15, 0.2) is 0 Å². The van der Waals surface area contributed by atoms with Crippen molar-refractivity contribution in [1.29, 1.82) is 0 Å². The van der Waals surface area contributed by atoms with Crippen LogP contribution in [0.5, 0.6) is 0 Å². The van der Waals surface area contributed by atoms with Gasteiger partial charge >= 0.3 is 12.0 Å². The van der Waals surface area contributed by atoms with E-state index in [1.54, 1.807) is 28.8 Å². The van der Waals surface area contributed by atoms with Crippen molar-refractivity contribution in [3.05, 3.63) is 47.2 Å². The van der Waals surface area contributed by atoms with Crippen molar-refractivity contribution in [2.24, 2.45) is 7.05 Å². The molecule has 1 aliphatic heterocycles. The minimum Gasteiger partial charge on any atom is -0.478 e. The minimum absolute atomic E-state index is 0.157. The fraction of sp³-hybridized carbons (Fsp3) is 0.368. The first kappa shape index (κ1) is 19.4. The van der Waals surface area contributed by atoms with Crippen molar-refractivity contribution in [3.8, 4) is 0 Å². The van der Waals surface area contributed by atoms with Gasteiger partial charge in [-0.3, -0.25) is 14.4 Å². The highest BCUT2D eigenvalue weighted by Crippen LogP contribution is 2.21. The second-order valence-corrected chi connectivity index (χ2v) is 6.78. The standard InChI is InChI=1S/C19H23N5O4/c1-12-10-16(23(2)22-12)24-9-3-4-15(17(24)25)21-19(28)20-11-13-5-7-14(8-6-13)18(26)27/h5-8,10,15H,3-4,9,11H2,1-2H3,(H,26,27)(H2,20,21,28). The van der Waals surface area contributed by atoms with Gasteiger partial charge in [-0.05, 0) is 37.5 Å². The molecule has 2 aromatic rings. The Kier molecular flexibility index (Phi) is 5.62. The van der Waals surface area contributed by atoms with Gasteiger partial charge in [0.25, 0.3) is 5.91 Å². The van der Waals surface area contributed by atoms with Crippen LogP contribution < -0.4 is 15.5 Å². The van der Waals surface area contributed by atoms with E-state index in [2.05, 4.69) is 15.7 Å². The average Bonchev–Trinajstić information content (AvgIpc) is 3.00. The summed E-state index contributed by atoms with van der Waals surface area (Å²) >= 11 is 0. The molecule has 1 aromatic heterocycles. The smallest absolute Gasteiger partial charge is 0.335 e. The van der Waals surface area contributed by atoms with Gasteiger partial charge in [0.1, 0.15) is 11.9 Å². The number of carboxylic acid groups (broad SMARTS) is 1. The molecule has 0 radical (unpaired) electrons. The molecular formula is C19H23N5O4. The molecule has 1 fully saturated rings. The fourth-order valence-corrected chi connectivity index (χ4v) is 3.24. The van der Waals surface area contributed by atoms with E-state index >= 15 is 0 Å². The molecule has 3 N–H and O–H groups in total. The molecule has 1 aromatic carbocycles. The van der Waals surface area contributed by atoms with Crippen molar-refractivity contribution in [2.75, 3.05) is 11.4 Å². The van der Waals surface area contributed by atoms with Crippen molar-refractivity contribution in [2.45, 2.75) is 32.4 Å². The number of rotatable bonds is 5. The largest absolute Gasteiger partial charge is 0.478 e. The second-order valence-electron chi connectivity index (χ2n) is 6.78. The van der Waals surface area contributed by atoms with Crippen LogP contribution in [0.4, 0.5) is 10.6 Å². The first-order valence-corrected chi connectivity index (χ1v) is 9.04. The number of aromatic nitrogens is 2. The van der Waals surface area contributed by atoms with Gasteiger partial charge in [-0.1, -0.05) is 12.1 Å². The molecule has 0 aliphatic carbocycles. The number of carbonyl (C=O) groups excluding carboxylic acids is 2. The number of amides is 3. The Morgan fingerprint density at radius 2 is 2.00 bits per heavy atom. The third-order valence-corrected chi connectivity index (χ3v) is 4.65. The van der Waals surface area contributed by atoms with Crippen LogP contribution in [0.15, 0.2) is 30.3 Å². The molecule has 0 saturated carbocycles. The Bertz CT molecular complexity index is 890. The highest BCUT2D eigenvalue weighted by Gasteiger charge is 2.32. The van der Waals surface area contributed by atoms with Gasteiger partial charge in [-0.2, -0.15) is 5.10 Å². The summed E-state index contributed by atoms with van der Waals surface area (Å²) in [6, 6.07) is 7.05. The van der Waals surface area contributed by atoms with E-state index in [9.17, 15) is 14.4 Å². The van der Waals surface area contributed by atoms with Crippen LogP contribution in [0, 0.1) is 6.92 Å². The Hall–Kier alpha value is -3.36. The Morgan fingerprint density at radius 1 is 1.29 bits per heavy atom.